The van der Waals surface area contributed by atoms with E-state index in [9.17, 15) is 4.79 Å². The third kappa shape index (κ3) is 2.76. The quantitative estimate of drug-likeness (QED) is 0.757. The molecule has 0 bridgehead atoms. The molecule has 0 aliphatic rings. The minimum Gasteiger partial charge on any atom is -0.496 e. The molecule has 3 nitrogen and oxygen atoms in total. The highest BCUT2D eigenvalue weighted by molar-refractivity contribution is 6.30. The van der Waals surface area contributed by atoms with Crippen LogP contribution in [0.3, 0.4) is 0 Å². The maximum Gasteiger partial charge on any atom is 0.255 e. The number of rotatable bonds is 3. The van der Waals surface area contributed by atoms with Crippen LogP contribution in [0.1, 0.15) is 10.4 Å². The molecule has 4 heteroatoms. The van der Waals surface area contributed by atoms with Gasteiger partial charge in [0.1, 0.15) is 5.75 Å². The number of carbonyl (C=O) groups excluding carboxylic acids is 1. The number of anilines is 1. The molecular weight excluding hydrogens is 298 g/mol. The van der Waals surface area contributed by atoms with E-state index in [0.29, 0.717) is 10.6 Å². The Bertz CT molecular complexity index is 828. The molecular formula is C18H14ClNO2. The average Bonchev–Trinajstić information content (AvgIpc) is 2.55. The van der Waals surface area contributed by atoms with Crippen molar-refractivity contribution in [2.75, 3.05) is 12.4 Å². The lowest BCUT2D eigenvalue weighted by Crippen LogP contribution is -2.12. The van der Waals surface area contributed by atoms with Gasteiger partial charge in [-0.1, -0.05) is 35.9 Å². The standard InChI is InChI=1S/C18H14ClNO2/c1-22-17-11-10-16(14-4-2-3-5-15(14)17)20-18(21)12-6-8-13(19)9-7-12/h2-11H,1H3,(H,20,21). The van der Waals surface area contributed by atoms with Crippen molar-refractivity contribution in [1.29, 1.82) is 0 Å². The van der Waals surface area contributed by atoms with Gasteiger partial charge in [-0.25, -0.2) is 0 Å². The van der Waals surface area contributed by atoms with Crippen LogP contribution in [0.2, 0.25) is 5.02 Å². The SMILES string of the molecule is COc1ccc(NC(=O)c2ccc(Cl)cc2)c2ccccc12. The van der Waals surface area contributed by atoms with Crippen molar-refractivity contribution in [2.45, 2.75) is 0 Å². The minimum absolute atomic E-state index is 0.174. The predicted octanol–water partition coefficient (Wildman–Crippen LogP) is 4.75. The second-order valence-electron chi connectivity index (χ2n) is 4.82. The van der Waals surface area contributed by atoms with Gasteiger partial charge in [0.2, 0.25) is 0 Å². The summed E-state index contributed by atoms with van der Waals surface area (Å²) in [6.07, 6.45) is 0. The zero-order valence-corrected chi connectivity index (χ0v) is 12.7. The van der Waals surface area contributed by atoms with Crippen LogP contribution < -0.4 is 10.1 Å². The zero-order valence-electron chi connectivity index (χ0n) is 12.0. The number of nitrogens with one attached hydrogen (secondary N) is 1. The molecule has 0 heterocycles. The van der Waals surface area contributed by atoms with E-state index in [-0.39, 0.29) is 5.91 Å². The monoisotopic (exact) mass is 311 g/mol. The van der Waals surface area contributed by atoms with Crippen LogP contribution in [0.4, 0.5) is 5.69 Å². The summed E-state index contributed by atoms with van der Waals surface area (Å²) in [6, 6.07) is 18.3. The molecule has 0 aromatic heterocycles. The van der Waals surface area contributed by atoms with Gasteiger partial charge in [-0.15, -0.1) is 0 Å². The van der Waals surface area contributed by atoms with Gasteiger partial charge in [-0.05, 0) is 36.4 Å². The van der Waals surface area contributed by atoms with E-state index in [0.717, 1.165) is 22.2 Å². The minimum atomic E-state index is -0.174. The Labute approximate surface area is 133 Å². The van der Waals surface area contributed by atoms with Crippen molar-refractivity contribution in [3.63, 3.8) is 0 Å². The van der Waals surface area contributed by atoms with Crippen LogP contribution in [0.15, 0.2) is 60.7 Å². The molecule has 3 aromatic carbocycles. The highest BCUT2D eigenvalue weighted by Gasteiger charge is 2.10. The predicted molar refractivity (Wildman–Crippen MR) is 89.9 cm³/mol. The molecule has 0 aliphatic carbocycles. The molecule has 110 valence electrons. The molecule has 0 saturated carbocycles. The number of amides is 1. The zero-order chi connectivity index (χ0) is 15.5. The van der Waals surface area contributed by atoms with E-state index in [1.54, 1.807) is 31.4 Å². The Hall–Kier alpha value is -2.52. The maximum absolute atomic E-state index is 12.3. The summed E-state index contributed by atoms with van der Waals surface area (Å²) in [6.45, 7) is 0. The molecule has 0 atom stereocenters. The van der Waals surface area contributed by atoms with Gasteiger partial charge in [0.15, 0.2) is 0 Å². The Morgan fingerprint density at radius 1 is 0.955 bits per heavy atom. The first-order chi connectivity index (χ1) is 10.7. The normalized spacial score (nSPS) is 10.5. The number of benzene rings is 3. The van der Waals surface area contributed by atoms with Crippen LogP contribution in [-0.2, 0) is 0 Å². The van der Waals surface area contributed by atoms with Gasteiger partial charge in [0.25, 0.3) is 5.91 Å². The van der Waals surface area contributed by atoms with Gasteiger partial charge in [0.05, 0.1) is 7.11 Å². The van der Waals surface area contributed by atoms with E-state index >= 15 is 0 Å². The smallest absolute Gasteiger partial charge is 0.255 e. The molecule has 3 rings (SSSR count). The summed E-state index contributed by atoms with van der Waals surface area (Å²) < 4.78 is 5.36. The van der Waals surface area contributed by atoms with Crippen molar-refractivity contribution >= 4 is 34.0 Å². The lowest BCUT2D eigenvalue weighted by Gasteiger charge is -2.11. The van der Waals surface area contributed by atoms with Gasteiger partial charge in [0, 0.05) is 27.0 Å². The molecule has 0 radical (unpaired) electrons. The average molecular weight is 312 g/mol. The number of hydrogen-bond acceptors (Lipinski definition) is 2. The fourth-order valence-electron chi connectivity index (χ4n) is 2.35. The number of hydrogen-bond donors (Lipinski definition) is 1. The Morgan fingerprint density at radius 2 is 1.64 bits per heavy atom. The first-order valence-electron chi connectivity index (χ1n) is 6.81. The molecule has 3 aromatic rings. The van der Waals surface area contributed by atoms with Gasteiger partial charge in [-0.3, -0.25) is 4.79 Å². The van der Waals surface area contributed by atoms with Crippen LogP contribution in [0.25, 0.3) is 10.8 Å². The Kier molecular flexibility index (Phi) is 3.98. The lowest BCUT2D eigenvalue weighted by molar-refractivity contribution is 0.102. The molecule has 0 spiro atoms. The van der Waals surface area contributed by atoms with Crippen LogP contribution in [0, 0.1) is 0 Å². The first kappa shape index (κ1) is 14.4. The number of methoxy groups -OCH3 is 1. The van der Waals surface area contributed by atoms with Crippen molar-refractivity contribution < 1.29 is 9.53 Å². The van der Waals surface area contributed by atoms with Crippen LogP contribution >= 0.6 is 11.6 Å². The largest absolute Gasteiger partial charge is 0.496 e. The first-order valence-corrected chi connectivity index (χ1v) is 7.19. The molecule has 0 saturated heterocycles. The second kappa shape index (κ2) is 6.08. The van der Waals surface area contributed by atoms with Crippen LogP contribution in [0.5, 0.6) is 5.75 Å². The van der Waals surface area contributed by atoms with Crippen molar-refractivity contribution in [2.24, 2.45) is 0 Å². The summed E-state index contributed by atoms with van der Waals surface area (Å²) in [7, 11) is 1.63. The van der Waals surface area contributed by atoms with Crippen molar-refractivity contribution in [3.05, 3.63) is 71.2 Å². The fourth-order valence-corrected chi connectivity index (χ4v) is 2.48. The van der Waals surface area contributed by atoms with E-state index in [1.165, 1.54) is 0 Å². The van der Waals surface area contributed by atoms with Crippen LogP contribution in [-0.4, -0.2) is 13.0 Å². The number of carbonyl (C=O) groups is 1. The Balaban J connectivity index is 1.97. The Morgan fingerprint density at radius 3 is 2.32 bits per heavy atom. The van der Waals surface area contributed by atoms with E-state index < -0.39 is 0 Å². The van der Waals surface area contributed by atoms with Crippen molar-refractivity contribution in [1.82, 2.24) is 0 Å². The molecule has 0 unspecified atom stereocenters. The molecule has 1 N–H and O–H groups in total. The van der Waals surface area contributed by atoms with E-state index in [1.807, 2.05) is 36.4 Å². The molecule has 0 fully saturated rings. The number of fused-ring (bicyclic) bond motifs is 1. The topological polar surface area (TPSA) is 38.3 Å². The van der Waals surface area contributed by atoms with E-state index in [2.05, 4.69) is 5.32 Å². The van der Waals surface area contributed by atoms with Gasteiger partial charge >= 0.3 is 0 Å². The molecule has 22 heavy (non-hydrogen) atoms. The van der Waals surface area contributed by atoms with Crippen molar-refractivity contribution in [3.8, 4) is 5.75 Å². The van der Waals surface area contributed by atoms with Gasteiger partial charge < -0.3 is 10.1 Å². The molecule has 0 aliphatic heterocycles. The number of halogens is 1. The summed E-state index contributed by atoms with van der Waals surface area (Å²) in [4.78, 5) is 12.3. The highest BCUT2D eigenvalue weighted by Crippen LogP contribution is 2.31. The van der Waals surface area contributed by atoms with E-state index in [4.69, 9.17) is 16.3 Å². The summed E-state index contributed by atoms with van der Waals surface area (Å²) in [5.41, 5.74) is 1.31. The summed E-state index contributed by atoms with van der Waals surface area (Å²) >= 11 is 5.84. The highest BCUT2D eigenvalue weighted by atomic mass is 35.5. The van der Waals surface area contributed by atoms with Gasteiger partial charge in [-0.2, -0.15) is 0 Å². The molecule has 1 amide bonds. The third-order valence-electron chi connectivity index (χ3n) is 3.46. The fraction of sp³-hybridized carbons (Fsp3) is 0.0556. The number of ether oxygens (including phenoxy) is 1. The third-order valence-corrected chi connectivity index (χ3v) is 3.71. The lowest BCUT2D eigenvalue weighted by atomic mass is 10.1. The summed E-state index contributed by atoms with van der Waals surface area (Å²) in [5.74, 6) is 0.604. The summed E-state index contributed by atoms with van der Waals surface area (Å²) in [5, 5.41) is 5.43. The maximum atomic E-state index is 12.3. The second-order valence-corrected chi connectivity index (χ2v) is 5.26.